The molecule has 4 nitrogen and oxygen atoms in total. The van der Waals surface area contributed by atoms with Crippen LogP contribution in [-0.4, -0.2) is 21.7 Å². The number of nitrogens with one attached hydrogen (secondary N) is 1. The predicted octanol–water partition coefficient (Wildman–Crippen LogP) is 1.83. The highest BCUT2D eigenvalue weighted by atomic mass is 35.6. The summed E-state index contributed by atoms with van der Waals surface area (Å²) in [6.45, 7) is 5.01. The van der Waals surface area contributed by atoms with Crippen molar-refractivity contribution in [2.45, 2.75) is 30.7 Å². The quantitative estimate of drug-likeness (QED) is 0.468. The van der Waals surface area contributed by atoms with Crippen molar-refractivity contribution >= 4 is 46.5 Å². The second-order valence-electron chi connectivity index (χ2n) is 3.35. The Bertz CT molecular complexity index is 260. The first kappa shape index (κ1) is 14.8. The Morgan fingerprint density at radius 2 is 1.87 bits per heavy atom. The minimum absolute atomic E-state index is 0.0219. The average Bonchev–Trinajstić information content (AvgIpc) is 2.00. The van der Waals surface area contributed by atoms with Gasteiger partial charge in [0.15, 0.2) is 6.17 Å². The van der Waals surface area contributed by atoms with Gasteiger partial charge < -0.3 is 11.1 Å². The molecule has 0 aliphatic rings. The van der Waals surface area contributed by atoms with Crippen LogP contribution in [0.1, 0.15) is 20.8 Å². The summed E-state index contributed by atoms with van der Waals surface area (Å²) in [6.07, 6.45) is -0.970. The van der Waals surface area contributed by atoms with Gasteiger partial charge >= 0.3 is 0 Å². The normalized spacial score (nSPS) is 15.3. The van der Waals surface area contributed by atoms with E-state index in [1.807, 2.05) is 13.8 Å². The summed E-state index contributed by atoms with van der Waals surface area (Å²) in [5.41, 5.74) is 5.61. The van der Waals surface area contributed by atoms with E-state index in [-0.39, 0.29) is 11.8 Å². The molecule has 0 saturated carbocycles. The van der Waals surface area contributed by atoms with E-state index in [1.165, 1.54) is 6.92 Å². The molecule has 0 radical (unpaired) electrons. The van der Waals surface area contributed by atoms with Gasteiger partial charge in [-0.15, -0.1) is 0 Å². The van der Waals surface area contributed by atoms with Gasteiger partial charge in [0.25, 0.3) is 0 Å². The van der Waals surface area contributed by atoms with E-state index in [4.69, 9.17) is 40.5 Å². The van der Waals surface area contributed by atoms with Crippen molar-refractivity contribution in [2.75, 3.05) is 0 Å². The number of hydrogen-bond acceptors (Lipinski definition) is 2. The second-order valence-corrected chi connectivity index (χ2v) is 5.72. The molecule has 3 N–H and O–H groups in total. The Morgan fingerprint density at radius 3 is 2.13 bits per heavy atom. The maximum atomic E-state index is 10.9. The fourth-order valence-electron chi connectivity index (χ4n) is 0.678. The number of carbonyl (C=O) groups excluding carboxylic acids is 1. The molecule has 0 aliphatic heterocycles. The maximum Gasteiger partial charge on any atom is 0.230 e. The number of amides is 1. The van der Waals surface area contributed by atoms with E-state index in [1.54, 1.807) is 0 Å². The van der Waals surface area contributed by atoms with Crippen LogP contribution in [0.2, 0.25) is 0 Å². The number of nitrogens with two attached hydrogens (primary N) is 1. The molecule has 0 aromatic carbocycles. The Hall–Kier alpha value is -0.190. The molecule has 0 spiro atoms. The number of amidine groups is 1. The first-order chi connectivity index (χ1) is 6.64. The topological polar surface area (TPSA) is 67.5 Å². The van der Waals surface area contributed by atoms with Crippen LogP contribution in [-0.2, 0) is 4.79 Å². The Kier molecular flexibility index (Phi) is 5.70. The molecule has 0 bridgehead atoms. The van der Waals surface area contributed by atoms with E-state index < -0.39 is 9.96 Å². The Balaban J connectivity index is 4.81. The molecular weight excluding hydrogens is 260 g/mol. The summed E-state index contributed by atoms with van der Waals surface area (Å²) in [7, 11) is 0. The summed E-state index contributed by atoms with van der Waals surface area (Å²) in [5, 5.41) is 2.40. The molecule has 1 atom stereocenters. The molecule has 0 aliphatic carbocycles. The summed E-state index contributed by atoms with van der Waals surface area (Å²) in [5.74, 6) is 0.000291. The Labute approximate surface area is 104 Å². The Morgan fingerprint density at radius 1 is 1.40 bits per heavy atom. The predicted molar refractivity (Wildman–Crippen MR) is 64.4 cm³/mol. The van der Waals surface area contributed by atoms with Crippen LogP contribution in [0.3, 0.4) is 0 Å². The van der Waals surface area contributed by atoms with Crippen LogP contribution < -0.4 is 11.1 Å². The number of carbonyl (C=O) groups is 1. The highest BCUT2D eigenvalue weighted by Crippen LogP contribution is 2.31. The lowest BCUT2D eigenvalue weighted by Gasteiger charge is -2.22. The number of hydrogen-bond donors (Lipinski definition) is 2. The zero-order valence-corrected chi connectivity index (χ0v) is 11.0. The highest BCUT2D eigenvalue weighted by Gasteiger charge is 2.33. The maximum absolute atomic E-state index is 10.9. The standard InChI is InChI=1S/C8H14Cl3N3O/c1-4(2)6(12)14-7(8(9,10)11)13-5(3)15/h4,7H,1-3H3,(H2,12,14)(H,13,15)/t7-/m1/s1. The number of halogens is 3. The van der Waals surface area contributed by atoms with Crippen LogP contribution in [0, 0.1) is 5.92 Å². The SMILES string of the molecule is CC(=O)N[C@H](N=C(N)C(C)C)C(Cl)(Cl)Cl. The molecule has 0 rings (SSSR count). The fourth-order valence-corrected chi connectivity index (χ4v) is 0.988. The van der Waals surface area contributed by atoms with Gasteiger partial charge in [0.05, 0.1) is 5.84 Å². The molecule has 1 amide bonds. The number of rotatable bonds is 3. The molecule has 0 aromatic heterocycles. The summed E-state index contributed by atoms with van der Waals surface area (Å²) < 4.78 is -1.72. The second kappa shape index (κ2) is 5.77. The van der Waals surface area contributed by atoms with Crippen molar-refractivity contribution in [1.82, 2.24) is 5.32 Å². The van der Waals surface area contributed by atoms with Gasteiger partial charge in [0.1, 0.15) is 0 Å². The van der Waals surface area contributed by atoms with Crippen LogP contribution in [0.5, 0.6) is 0 Å². The van der Waals surface area contributed by atoms with Crippen LogP contribution in [0.25, 0.3) is 0 Å². The summed E-state index contributed by atoms with van der Waals surface area (Å²) in [4.78, 5) is 14.8. The largest absolute Gasteiger partial charge is 0.387 e. The average molecular weight is 275 g/mol. The highest BCUT2D eigenvalue weighted by molar-refractivity contribution is 6.68. The van der Waals surface area contributed by atoms with E-state index in [0.717, 1.165) is 0 Å². The number of nitrogens with zero attached hydrogens (tertiary/aromatic N) is 1. The number of alkyl halides is 3. The van der Waals surface area contributed by atoms with E-state index >= 15 is 0 Å². The summed E-state index contributed by atoms with van der Waals surface area (Å²) >= 11 is 16.9. The lowest BCUT2D eigenvalue weighted by Crippen LogP contribution is -2.43. The lowest BCUT2D eigenvalue weighted by atomic mass is 10.2. The van der Waals surface area contributed by atoms with Crippen molar-refractivity contribution in [3.63, 3.8) is 0 Å². The molecule has 0 unspecified atom stereocenters. The molecule has 15 heavy (non-hydrogen) atoms. The van der Waals surface area contributed by atoms with Crippen molar-refractivity contribution in [1.29, 1.82) is 0 Å². The third-order valence-electron chi connectivity index (χ3n) is 1.52. The first-order valence-corrected chi connectivity index (χ1v) is 5.45. The van der Waals surface area contributed by atoms with Crippen molar-refractivity contribution in [3.8, 4) is 0 Å². The molecule has 0 heterocycles. The zero-order valence-electron chi connectivity index (χ0n) is 8.72. The molecular formula is C8H14Cl3N3O. The number of aliphatic imine (C=N–C) groups is 1. The van der Waals surface area contributed by atoms with Crippen molar-refractivity contribution in [2.24, 2.45) is 16.6 Å². The van der Waals surface area contributed by atoms with Crippen LogP contribution in [0.4, 0.5) is 0 Å². The first-order valence-electron chi connectivity index (χ1n) is 4.31. The smallest absolute Gasteiger partial charge is 0.230 e. The molecule has 88 valence electrons. The lowest BCUT2D eigenvalue weighted by molar-refractivity contribution is -0.119. The van der Waals surface area contributed by atoms with Gasteiger partial charge in [-0.2, -0.15) is 0 Å². The minimum atomic E-state index is -1.72. The van der Waals surface area contributed by atoms with Crippen LogP contribution >= 0.6 is 34.8 Å². The third kappa shape index (κ3) is 6.07. The monoisotopic (exact) mass is 273 g/mol. The molecule has 7 heteroatoms. The van der Waals surface area contributed by atoms with Gasteiger partial charge in [-0.05, 0) is 0 Å². The van der Waals surface area contributed by atoms with Crippen molar-refractivity contribution in [3.05, 3.63) is 0 Å². The van der Waals surface area contributed by atoms with E-state index in [9.17, 15) is 4.79 Å². The molecule has 0 fully saturated rings. The zero-order chi connectivity index (χ0) is 12.2. The van der Waals surface area contributed by atoms with E-state index in [2.05, 4.69) is 10.3 Å². The minimum Gasteiger partial charge on any atom is -0.387 e. The van der Waals surface area contributed by atoms with Gasteiger partial charge in [-0.1, -0.05) is 48.7 Å². The van der Waals surface area contributed by atoms with E-state index in [0.29, 0.717) is 5.84 Å². The van der Waals surface area contributed by atoms with Gasteiger partial charge in [-0.3, -0.25) is 4.79 Å². The molecule has 0 saturated heterocycles. The fraction of sp³-hybridized carbons (Fsp3) is 0.750. The molecule has 0 aromatic rings. The van der Waals surface area contributed by atoms with Gasteiger partial charge in [0.2, 0.25) is 9.70 Å². The third-order valence-corrected chi connectivity index (χ3v) is 2.14. The summed E-state index contributed by atoms with van der Waals surface area (Å²) in [6, 6.07) is 0. The van der Waals surface area contributed by atoms with Crippen LogP contribution in [0.15, 0.2) is 4.99 Å². The van der Waals surface area contributed by atoms with Gasteiger partial charge in [-0.25, -0.2) is 4.99 Å². The van der Waals surface area contributed by atoms with Crippen molar-refractivity contribution < 1.29 is 4.79 Å². The van der Waals surface area contributed by atoms with Gasteiger partial charge in [0, 0.05) is 12.8 Å².